The number of H-pyrrole nitrogens is 2. The van der Waals surface area contributed by atoms with Gasteiger partial charge in [-0.2, -0.15) is 0 Å². The largest absolute Gasteiger partial charge is 0.347 e. The van der Waals surface area contributed by atoms with Gasteiger partial charge in [0.25, 0.3) is 0 Å². The summed E-state index contributed by atoms with van der Waals surface area (Å²) in [7, 11) is 0. The van der Waals surface area contributed by atoms with Gasteiger partial charge in [-0.3, -0.25) is 0 Å². The zero-order valence-electron chi connectivity index (χ0n) is 21.8. The first kappa shape index (κ1) is 23.3. The van der Waals surface area contributed by atoms with Crippen LogP contribution < -0.4 is 10.6 Å². The zero-order valence-corrected chi connectivity index (χ0v) is 21.8. The van der Waals surface area contributed by atoms with Crippen molar-refractivity contribution in [2.75, 3.05) is 13.1 Å². The minimum Gasteiger partial charge on any atom is -0.347 e. The van der Waals surface area contributed by atoms with Crippen LogP contribution in [0, 0.1) is 11.8 Å². The molecule has 0 aliphatic carbocycles. The third-order valence-electron chi connectivity index (χ3n) is 8.04. The molecule has 0 unspecified atom stereocenters. The summed E-state index contributed by atoms with van der Waals surface area (Å²) in [5, 5.41) is 8.22. The van der Waals surface area contributed by atoms with Crippen LogP contribution in [0.3, 0.4) is 0 Å². The van der Waals surface area contributed by atoms with Gasteiger partial charge in [-0.1, -0.05) is 50.2 Å². The Morgan fingerprint density at radius 1 is 0.711 bits per heavy atom. The lowest BCUT2D eigenvalue weighted by Crippen LogP contribution is -2.14. The molecule has 5 aromatic rings. The minimum absolute atomic E-state index is 0.302. The highest BCUT2D eigenvalue weighted by Gasteiger charge is 2.25. The lowest BCUT2D eigenvalue weighted by molar-refractivity contribution is 0.588. The molecule has 2 aliphatic rings. The summed E-state index contributed by atoms with van der Waals surface area (Å²) in [6.07, 6.45) is 6.16. The fourth-order valence-corrected chi connectivity index (χ4v) is 5.84. The topological polar surface area (TPSA) is 94.3 Å². The van der Waals surface area contributed by atoms with Gasteiger partial charge in [0.2, 0.25) is 0 Å². The van der Waals surface area contributed by atoms with Gasteiger partial charge in [0, 0.05) is 11.6 Å². The summed E-state index contributed by atoms with van der Waals surface area (Å²) in [6.45, 7) is 6.65. The van der Waals surface area contributed by atoms with E-state index in [4.69, 9.17) is 9.97 Å². The molecule has 0 bridgehead atoms. The molecule has 4 atom stereocenters. The van der Waals surface area contributed by atoms with Crippen LogP contribution in [0.5, 0.6) is 0 Å². The van der Waals surface area contributed by atoms with E-state index in [0.29, 0.717) is 23.9 Å². The number of hydrogen-bond acceptors (Lipinski definition) is 5. The number of nitrogens with one attached hydrogen (secondary N) is 4. The molecular formula is C31H33N7. The van der Waals surface area contributed by atoms with Crippen molar-refractivity contribution < 1.29 is 0 Å². The van der Waals surface area contributed by atoms with Crippen molar-refractivity contribution in [3.8, 4) is 33.8 Å². The molecule has 0 amide bonds. The van der Waals surface area contributed by atoms with Crippen LogP contribution in [0.4, 0.5) is 0 Å². The predicted molar refractivity (Wildman–Crippen MR) is 151 cm³/mol. The van der Waals surface area contributed by atoms with Gasteiger partial charge < -0.3 is 20.6 Å². The van der Waals surface area contributed by atoms with Gasteiger partial charge in [-0.05, 0) is 72.7 Å². The van der Waals surface area contributed by atoms with E-state index in [1.807, 2.05) is 12.4 Å². The standard InChI is InChI=1S/C31H33N7/c1-18-11-26(32-14-18)30-34-16-28(37-30)21-5-3-20(4-6-21)22-7-9-24-23(13-22)8-10-25(36-24)29-17-35-31(38-29)27-12-19(2)15-33-27/h3-10,13,16-19,26-27,32-33H,11-12,14-15H2,1-2H3,(H,34,37)(H,35,38)/t18-,19-,26-,27-/m0/s1. The summed E-state index contributed by atoms with van der Waals surface area (Å²) >= 11 is 0. The number of nitrogens with zero attached hydrogens (tertiary/aromatic N) is 3. The van der Waals surface area contributed by atoms with E-state index in [9.17, 15) is 0 Å². The average molecular weight is 504 g/mol. The van der Waals surface area contributed by atoms with E-state index in [1.54, 1.807) is 0 Å². The Hall–Kier alpha value is -3.81. The number of aromatic amines is 2. The number of pyridine rings is 1. The molecular weight excluding hydrogens is 470 g/mol. The minimum atomic E-state index is 0.302. The first-order valence-electron chi connectivity index (χ1n) is 13.7. The van der Waals surface area contributed by atoms with Crippen LogP contribution in [-0.2, 0) is 0 Å². The van der Waals surface area contributed by atoms with Crippen molar-refractivity contribution in [1.82, 2.24) is 35.6 Å². The van der Waals surface area contributed by atoms with E-state index in [0.717, 1.165) is 71.1 Å². The molecule has 2 aromatic carbocycles. The molecule has 0 saturated carbocycles. The van der Waals surface area contributed by atoms with Crippen molar-refractivity contribution in [3.63, 3.8) is 0 Å². The molecule has 2 saturated heterocycles. The van der Waals surface area contributed by atoms with Gasteiger partial charge >= 0.3 is 0 Å². The maximum atomic E-state index is 4.91. The predicted octanol–water partition coefficient (Wildman–Crippen LogP) is 6.02. The molecule has 7 rings (SSSR count). The van der Waals surface area contributed by atoms with Crippen LogP contribution in [-0.4, -0.2) is 38.0 Å². The van der Waals surface area contributed by atoms with Crippen LogP contribution in [0.25, 0.3) is 44.7 Å². The smallest absolute Gasteiger partial charge is 0.124 e. The fraction of sp³-hybridized carbons (Fsp3) is 0.323. The summed E-state index contributed by atoms with van der Waals surface area (Å²) in [6, 6.07) is 20.0. The quantitative estimate of drug-likeness (QED) is 0.235. The van der Waals surface area contributed by atoms with Crippen LogP contribution in [0.15, 0.2) is 67.0 Å². The highest BCUT2D eigenvalue weighted by molar-refractivity contribution is 5.86. The molecule has 7 nitrogen and oxygen atoms in total. The van der Waals surface area contributed by atoms with Crippen molar-refractivity contribution in [2.45, 2.75) is 38.8 Å². The van der Waals surface area contributed by atoms with Gasteiger partial charge in [-0.15, -0.1) is 0 Å². The number of benzene rings is 2. The Bertz CT molecular complexity index is 1580. The highest BCUT2D eigenvalue weighted by Crippen LogP contribution is 2.31. The number of hydrogen-bond donors (Lipinski definition) is 4. The van der Waals surface area contributed by atoms with E-state index in [-0.39, 0.29) is 0 Å². The van der Waals surface area contributed by atoms with Gasteiger partial charge in [0.1, 0.15) is 17.3 Å². The summed E-state index contributed by atoms with van der Waals surface area (Å²) < 4.78 is 0. The Kier molecular flexibility index (Phi) is 5.82. The number of rotatable bonds is 5. The normalized spacial score (nSPS) is 23.4. The second kappa shape index (κ2) is 9.49. The van der Waals surface area contributed by atoms with Crippen molar-refractivity contribution >= 4 is 10.9 Å². The average Bonchev–Trinajstić information content (AvgIpc) is 3.75. The van der Waals surface area contributed by atoms with E-state index < -0.39 is 0 Å². The molecule has 2 aliphatic heterocycles. The molecule has 3 aromatic heterocycles. The molecule has 0 radical (unpaired) electrons. The second-order valence-electron chi connectivity index (χ2n) is 11.1. The molecule has 0 spiro atoms. The summed E-state index contributed by atoms with van der Waals surface area (Å²) in [5.74, 6) is 3.41. The van der Waals surface area contributed by atoms with Crippen LogP contribution in [0.1, 0.15) is 50.4 Å². The first-order valence-corrected chi connectivity index (χ1v) is 13.7. The lowest BCUT2D eigenvalue weighted by Gasteiger charge is -2.07. The Morgan fingerprint density at radius 2 is 1.42 bits per heavy atom. The Balaban J connectivity index is 1.09. The maximum absolute atomic E-state index is 4.91. The SMILES string of the molecule is C[C@@H]1CN[C@H](c2nc(-c3ccc4cc(-c5ccc(-c6cnc([C@@H]7C[C@H](C)CN7)[nH]6)cc5)ccc4n3)c[nH]2)C1. The van der Waals surface area contributed by atoms with Gasteiger partial charge in [-0.25, -0.2) is 15.0 Å². The highest BCUT2D eigenvalue weighted by atomic mass is 15.1. The Labute approximate surface area is 222 Å². The summed E-state index contributed by atoms with van der Waals surface area (Å²) in [4.78, 5) is 21.3. The molecule has 5 heterocycles. The maximum Gasteiger partial charge on any atom is 0.124 e. The van der Waals surface area contributed by atoms with E-state index in [1.165, 1.54) is 11.1 Å². The second-order valence-corrected chi connectivity index (χ2v) is 11.1. The number of aromatic nitrogens is 5. The van der Waals surface area contributed by atoms with Crippen molar-refractivity contribution in [2.24, 2.45) is 11.8 Å². The Morgan fingerprint density at radius 3 is 2.16 bits per heavy atom. The third-order valence-corrected chi connectivity index (χ3v) is 8.04. The number of imidazole rings is 2. The van der Waals surface area contributed by atoms with Crippen molar-refractivity contribution in [1.29, 1.82) is 0 Å². The third kappa shape index (κ3) is 4.42. The zero-order chi connectivity index (χ0) is 25.6. The van der Waals surface area contributed by atoms with Crippen molar-refractivity contribution in [3.05, 3.63) is 78.6 Å². The molecule has 4 N–H and O–H groups in total. The molecule has 2 fully saturated rings. The fourth-order valence-electron chi connectivity index (χ4n) is 5.84. The lowest BCUT2D eigenvalue weighted by atomic mass is 10.0. The molecule has 192 valence electrons. The molecule has 38 heavy (non-hydrogen) atoms. The first-order chi connectivity index (χ1) is 18.6. The van der Waals surface area contributed by atoms with Gasteiger partial charge in [0.15, 0.2) is 0 Å². The molecule has 7 heteroatoms. The van der Waals surface area contributed by atoms with E-state index in [2.05, 4.69) is 94.0 Å². The summed E-state index contributed by atoms with van der Waals surface area (Å²) in [5.41, 5.74) is 7.32. The van der Waals surface area contributed by atoms with Crippen LogP contribution in [0.2, 0.25) is 0 Å². The number of fused-ring (bicyclic) bond motifs is 1. The monoisotopic (exact) mass is 503 g/mol. The van der Waals surface area contributed by atoms with Gasteiger partial charge in [0.05, 0.1) is 35.2 Å². The van der Waals surface area contributed by atoms with Crippen LogP contribution >= 0.6 is 0 Å². The van der Waals surface area contributed by atoms with E-state index >= 15 is 0 Å².